The van der Waals surface area contributed by atoms with E-state index >= 15 is 0 Å². The van der Waals surface area contributed by atoms with Gasteiger partial charge in [-0.25, -0.2) is 0 Å². The molecule has 0 aliphatic carbocycles. The van der Waals surface area contributed by atoms with Crippen LogP contribution in [0.4, 0.5) is 0 Å². The lowest BCUT2D eigenvalue weighted by atomic mass is 10.1. The zero-order valence-electron chi connectivity index (χ0n) is 18.8. The van der Waals surface area contributed by atoms with Gasteiger partial charge in [-0.2, -0.15) is 0 Å². The number of aryl methyl sites for hydroxylation is 3. The van der Waals surface area contributed by atoms with Crippen LogP contribution in [0.1, 0.15) is 48.9 Å². The Bertz CT molecular complexity index is 826. The number of hydrogen-bond acceptors (Lipinski definition) is 3. The second kappa shape index (κ2) is 11.4. The van der Waals surface area contributed by atoms with E-state index in [0.717, 1.165) is 35.1 Å². The van der Waals surface area contributed by atoms with Gasteiger partial charge in [0.2, 0.25) is 5.91 Å². The Morgan fingerprint density at radius 1 is 1.00 bits per heavy atom. The van der Waals surface area contributed by atoms with E-state index in [1.54, 1.807) is 11.8 Å². The molecule has 2 amide bonds. The molecule has 1 unspecified atom stereocenters. The van der Waals surface area contributed by atoms with Crippen molar-refractivity contribution in [1.82, 2.24) is 10.2 Å². The summed E-state index contributed by atoms with van der Waals surface area (Å²) < 4.78 is 5.77. The molecule has 0 fully saturated rings. The van der Waals surface area contributed by atoms with Gasteiger partial charge in [-0.1, -0.05) is 49.2 Å². The lowest BCUT2D eigenvalue weighted by Crippen LogP contribution is -2.49. The van der Waals surface area contributed by atoms with Crippen LogP contribution < -0.4 is 10.1 Å². The second-order valence-corrected chi connectivity index (χ2v) is 7.94. The van der Waals surface area contributed by atoms with Crippen molar-refractivity contribution in [3.8, 4) is 5.75 Å². The van der Waals surface area contributed by atoms with Gasteiger partial charge in [-0.3, -0.25) is 9.59 Å². The highest BCUT2D eigenvalue weighted by molar-refractivity contribution is 5.87. The number of hydrogen-bond donors (Lipinski definition) is 1. The Kier molecular flexibility index (Phi) is 8.90. The molecule has 5 nitrogen and oxygen atoms in total. The Morgan fingerprint density at radius 2 is 1.63 bits per heavy atom. The topological polar surface area (TPSA) is 58.6 Å². The quantitative estimate of drug-likeness (QED) is 0.593. The van der Waals surface area contributed by atoms with Gasteiger partial charge in [0.05, 0.1) is 0 Å². The van der Waals surface area contributed by atoms with E-state index in [2.05, 4.69) is 18.3 Å². The first-order valence-electron chi connectivity index (χ1n) is 10.6. The van der Waals surface area contributed by atoms with Crippen LogP contribution >= 0.6 is 0 Å². The average Bonchev–Trinajstić information content (AvgIpc) is 2.70. The van der Waals surface area contributed by atoms with Crippen LogP contribution in [0.2, 0.25) is 0 Å². The Hall–Kier alpha value is -2.82. The number of benzene rings is 2. The molecule has 0 aromatic heterocycles. The second-order valence-electron chi connectivity index (χ2n) is 7.94. The van der Waals surface area contributed by atoms with Crippen molar-refractivity contribution in [2.45, 2.75) is 60.0 Å². The number of carbonyl (C=O) groups excluding carboxylic acids is 2. The molecule has 0 saturated carbocycles. The van der Waals surface area contributed by atoms with E-state index in [1.165, 1.54) is 0 Å². The summed E-state index contributed by atoms with van der Waals surface area (Å²) in [5.41, 5.74) is 4.30. The number of nitrogens with zero attached hydrogens (tertiary/aromatic N) is 1. The first kappa shape index (κ1) is 23.5. The van der Waals surface area contributed by atoms with E-state index in [4.69, 9.17) is 4.74 Å². The number of nitrogens with one attached hydrogen (secondary N) is 1. The maximum atomic E-state index is 13.1. The van der Waals surface area contributed by atoms with Crippen LogP contribution in [0, 0.1) is 20.8 Å². The smallest absolute Gasteiger partial charge is 0.261 e. The summed E-state index contributed by atoms with van der Waals surface area (Å²) in [6.45, 7) is 10.7. The zero-order valence-corrected chi connectivity index (χ0v) is 18.8. The van der Waals surface area contributed by atoms with Crippen LogP contribution in [0.15, 0.2) is 42.5 Å². The summed E-state index contributed by atoms with van der Waals surface area (Å²) in [6, 6.07) is 13.3. The number of ether oxygens (including phenoxy) is 1. The van der Waals surface area contributed by atoms with Gasteiger partial charge in [-0.15, -0.1) is 0 Å². The largest absolute Gasteiger partial charge is 0.484 e. The lowest BCUT2D eigenvalue weighted by Gasteiger charge is -2.29. The minimum atomic E-state index is -0.585. The standard InChI is InChI=1S/C25H34N2O3/c1-6-7-12-26-25(29)21(5)27(16-22-10-8-18(2)9-11-22)24(28)17-30-23-14-19(3)13-20(4)15-23/h8-11,13-15,21H,6-7,12,16-17H2,1-5H3,(H,26,29). The normalized spacial score (nSPS) is 11.6. The monoisotopic (exact) mass is 410 g/mol. The number of unbranched alkanes of at least 4 members (excludes halogenated alkanes) is 1. The molecule has 162 valence electrons. The Morgan fingerprint density at radius 3 is 2.23 bits per heavy atom. The third-order valence-electron chi connectivity index (χ3n) is 5.03. The summed E-state index contributed by atoms with van der Waals surface area (Å²) in [4.78, 5) is 27.3. The summed E-state index contributed by atoms with van der Waals surface area (Å²) in [5.74, 6) is 0.305. The van der Waals surface area contributed by atoms with Crippen LogP contribution in [0.25, 0.3) is 0 Å². The highest BCUT2D eigenvalue weighted by Crippen LogP contribution is 2.17. The van der Waals surface area contributed by atoms with Gasteiger partial charge < -0.3 is 15.0 Å². The number of rotatable bonds is 10. The van der Waals surface area contributed by atoms with E-state index in [1.807, 2.05) is 57.2 Å². The van der Waals surface area contributed by atoms with E-state index in [-0.39, 0.29) is 18.4 Å². The predicted octanol–water partition coefficient (Wildman–Crippen LogP) is 4.32. The van der Waals surface area contributed by atoms with Crippen LogP contribution in [-0.4, -0.2) is 35.9 Å². The van der Waals surface area contributed by atoms with Gasteiger partial charge in [0.15, 0.2) is 6.61 Å². The minimum absolute atomic E-state index is 0.110. The first-order chi connectivity index (χ1) is 14.3. The molecule has 1 N–H and O–H groups in total. The fourth-order valence-corrected chi connectivity index (χ4v) is 3.25. The van der Waals surface area contributed by atoms with Crippen LogP contribution in [-0.2, 0) is 16.1 Å². The molecule has 0 saturated heterocycles. The summed E-state index contributed by atoms with van der Waals surface area (Å²) in [7, 11) is 0. The molecule has 0 aliphatic rings. The molecule has 0 heterocycles. The van der Waals surface area contributed by atoms with Gasteiger partial charge in [0, 0.05) is 13.1 Å². The molecule has 0 bridgehead atoms. The molecule has 1 atom stereocenters. The van der Waals surface area contributed by atoms with Crippen molar-refractivity contribution >= 4 is 11.8 Å². The average molecular weight is 411 g/mol. The molecule has 5 heteroatoms. The third-order valence-corrected chi connectivity index (χ3v) is 5.03. The number of carbonyl (C=O) groups is 2. The Balaban J connectivity index is 2.12. The van der Waals surface area contributed by atoms with Gasteiger partial charge in [0.1, 0.15) is 11.8 Å². The predicted molar refractivity (Wildman–Crippen MR) is 121 cm³/mol. The van der Waals surface area contributed by atoms with E-state index in [9.17, 15) is 9.59 Å². The highest BCUT2D eigenvalue weighted by atomic mass is 16.5. The van der Waals surface area contributed by atoms with E-state index in [0.29, 0.717) is 18.8 Å². The van der Waals surface area contributed by atoms with E-state index < -0.39 is 6.04 Å². The molecule has 0 radical (unpaired) electrons. The maximum absolute atomic E-state index is 13.1. The first-order valence-corrected chi connectivity index (χ1v) is 10.6. The summed E-state index contributed by atoms with van der Waals surface area (Å²) in [6.07, 6.45) is 1.92. The SMILES string of the molecule is CCCCNC(=O)C(C)N(Cc1ccc(C)cc1)C(=O)COc1cc(C)cc(C)c1. The maximum Gasteiger partial charge on any atom is 0.261 e. The van der Waals surface area contributed by atoms with Crippen molar-refractivity contribution in [3.63, 3.8) is 0 Å². The van der Waals surface area contributed by atoms with Crippen molar-refractivity contribution in [1.29, 1.82) is 0 Å². The zero-order chi connectivity index (χ0) is 22.1. The molecular formula is C25H34N2O3. The fourth-order valence-electron chi connectivity index (χ4n) is 3.25. The summed E-state index contributed by atoms with van der Waals surface area (Å²) in [5, 5.41) is 2.93. The fraction of sp³-hybridized carbons (Fsp3) is 0.440. The van der Waals surface area contributed by atoms with Crippen molar-refractivity contribution in [2.75, 3.05) is 13.2 Å². The van der Waals surface area contributed by atoms with Gasteiger partial charge in [-0.05, 0) is 62.9 Å². The minimum Gasteiger partial charge on any atom is -0.484 e. The Labute approximate surface area is 180 Å². The summed E-state index contributed by atoms with van der Waals surface area (Å²) >= 11 is 0. The van der Waals surface area contributed by atoms with Crippen LogP contribution in [0.5, 0.6) is 5.75 Å². The van der Waals surface area contributed by atoms with Crippen molar-refractivity contribution < 1.29 is 14.3 Å². The highest BCUT2D eigenvalue weighted by Gasteiger charge is 2.26. The van der Waals surface area contributed by atoms with Gasteiger partial charge >= 0.3 is 0 Å². The van der Waals surface area contributed by atoms with Crippen molar-refractivity contribution in [2.24, 2.45) is 0 Å². The molecular weight excluding hydrogens is 376 g/mol. The van der Waals surface area contributed by atoms with Crippen LogP contribution in [0.3, 0.4) is 0 Å². The molecule has 2 rings (SSSR count). The van der Waals surface area contributed by atoms with Crippen molar-refractivity contribution in [3.05, 3.63) is 64.7 Å². The molecule has 0 spiro atoms. The molecule has 2 aromatic rings. The molecule has 0 aliphatic heterocycles. The third kappa shape index (κ3) is 7.21. The molecule has 2 aromatic carbocycles. The lowest BCUT2D eigenvalue weighted by molar-refractivity contribution is -0.142. The van der Waals surface area contributed by atoms with Gasteiger partial charge in [0.25, 0.3) is 5.91 Å². The molecule has 30 heavy (non-hydrogen) atoms. The number of amides is 2.